The molecule has 1 unspecified atom stereocenters. The highest BCUT2D eigenvalue weighted by molar-refractivity contribution is 7.91. The predicted molar refractivity (Wildman–Crippen MR) is 56.5 cm³/mol. The lowest BCUT2D eigenvalue weighted by Gasteiger charge is -2.22. The smallest absolute Gasteiger partial charge is 0.332 e. The Kier molecular flexibility index (Phi) is 3.51. The largest absolute Gasteiger partial charge is 0.478 e. The molecule has 0 spiro atoms. The topological polar surface area (TPSA) is 74.7 Å². The molecule has 0 aromatic rings. The lowest BCUT2D eigenvalue weighted by atomic mass is 10.2. The van der Waals surface area contributed by atoms with E-state index in [1.54, 1.807) is 11.9 Å². The van der Waals surface area contributed by atoms with E-state index in [0.29, 0.717) is 6.42 Å². The van der Waals surface area contributed by atoms with E-state index in [1.165, 1.54) is 0 Å². The average molecular weight is 233 g/mol. The summed E-state index contributed by atoms with van der Waals surface area (Å²) in [5.74, 6) is -0.722. The summed E-state index contributed by atoms with van der Waals surface area (Å²) in [6.07, 6.45) is 0.575. The molecule has 1 aliphatic heterocycles. The Morgan fingerprint density at radius 2 is 2.20 bits per heavy atom. The van der Waals surface area contributed by atoms with Gasteiger partial charge in [0, 0.05) is 18.2 Å². The molecular formula is C9H15NO4S. The summed E-state index contributed by atoms with van der Waals surface area (Å²) < 4.78 is 22.4. The van der Waals surface area contributed by atoms with E-state index in [9.17, 15) is 13.2 Å². The molecule has 1 heterocycles. The second-order valence-corrected chi connectivity index (χ2v) is 6.11. The van der Waals surface area contributed by atoms with Crippen LogP contribution in [0.3, 0.4) is 0 Å². The fourth-order valence-electron chi connectivity index (χ4n) is 1.62. The van der Waals surface area contributed by atoms with Crippen LogP contribution in [0.1, 0.15) is 6.42 Å². The van der Waals surface area contributed by atoms with Crippen LogP contribution in [0, 0.1) is 0 Å². The first-order valence-electron chi connectivity index (χ1n) is 4.63. The van der Waals surface area contributed by atoms with Crippen LogP contribution >= 0.6 is 0 Å². The van der Waals surface area contributed by atoms with Gasteiger partial charge < -0.3 is 5.11 Å². The Hall–Kier alpha value is -0.880. The first-order chi connectivity index (χ1) is 6.82. The number of hydrogen-bond acceptors (Lipinski definition) is 4. The Labute approximate surface area is 89.3 Å². The molecule has 0 aliphatic carbocycles. The molecule has 6 heteroatoms. The standard InChI is InChI=1S/C9H15NO4S/c1-7(9(11)12)5-10(2)8-3-4-15(13,14)6-8/h8H,1,3-6H2,2H3,(H,11,12). The van der Waals surface area contributed by atoms with Crippen LogP contribution in [0.15, 0.2) is 12.2 Å². The van der Waals surface area contributed by atoms with Crippen molar-refractivity contribution in [2.24, 2.45) is 0 Å². The van der Waals surface area contributed by atoms with Gasteiger partial charge in [-0.25, -0.2) is 13.2 Å². The van der Waals surface area contributed by atoms with E-state index in [-0.39, 0.29) is 29.7 Å². The van der Waals surface area contributed by atoms with Gasteiger partial charge >= 0.3 is 5.97 Å². The van der Waals surface area contributed by atoms with Crippen molar-refractivity contribution in [3.63, 3.8) is 0 Å². The molecule has 1 rings (SSSR count). The second kappa shape index (κ2) is 4.32. The van der Waals surface area contributed by atoms with E-state index in [0.717, 1.165) is 0 Å². The molecule has 1 fully saturated rings. The molecule has 15 heavy (non-hydrogen) atoms. The van der Waals surface area contributed by atoms with Crippen molar-refractivity contribution in [1.82, 2.24) is 4.90 Å². The van der Waals surface area contributed by atoms with Crippen LogP contribution in [-0.4, -0.2) is 55.5 Å². The lowest BCUT2D eigenvalue weighted by molar-refractivity contribution is -0.132. The number of sulfone groups is 1. The van der Waals surface area contributed by atoms with Crippen LogP contribution in [0.4, 0.5) is 0 Å². The molecule has 0 saturated carbocycles. The van der Waals surface area contributed by atoms with Crippen molar-refractivity contribution in [2.75, 3.05) is 25.1 Å². The fourth-order valence-corrected chi connectivity index (χ4v) is 3.43. The maximum Gasteiger partial charge on any atom is 0.332 e. The number of carboxylic acid groups (broad SMARTS) is 1. The summed E-state index contributed by atoms with van der Waals surface area (Å²) in [5.41, 5.74) is 0.0850. The summed E-state index contributed by atoms with van der Waals surface area (Å²) in [5, 5.41) is 8.63. The van der Waals surface area contributed by atoms with Gasteiger partial charge in [0.1, 0.15) is 0 Å². The minimum atomic E-state index is -2.92. The molecule has 0 aromatic carbocycles. The zero-order valence-electron chi connectivity index (χ0n) is 8.64. The normalized spacial score (nSPS) is 24.3. The quantitative estimate of drug-likeness (QED) is 0.677. The SMILES string of the molecule is C=C(CN(C)C1CCS(=O)(=O)C1)C(=O)O. The number of rotatable bonds is 4. The van der Waals surface area contributed by atoms with E-state index >= 15 is 0 Å². The molecule has 0 aromatic heterocycles. The van der Waals surface area contributed by atoms with Gasteiger partial charge in [0.25, 0.3) is 0 Å². The average Bonchev–Trinajstić information content (AvgIpc) is 2.45. The molecule has 0 bridgehead atoms. The number of aliphatic carboxylic acids is 1. The van der Waals surface area contributed by atoms with Gasteiger partial charge in [-0.1, -0.05) is 6.58 Å². The highest BCUT2D eigenvalue weighted by atomic mass is 32.2. The minimum Gasteiger partial charge on any atom is -0.478 e. The molecule has 1 N–H and O–H groups in total. The molecule has 86 valence electrons. The Morgan fingerprint density at radius 3 is 2.60 bits per heavy atom. The zero-order chi connectivity index (χ0) is 11.6. The second-order valence-electron chi connectivity index (χ2n) is 3.88. The van der Waals surface area contributed by atoms with Crippen LogP contribution < -0.4 is 0 Å². The molecular weight excluding hydrogens is 218 g/mol. The number of likely N-dealkylation sites (N-methyl/N-ethyl adjacent to an activating group) is 1. The Morgan fingerprint density at radius 1 is 1.60 bits per heavy atom. The van der Waals surface area contributed by atoms with E-state index in [4.69, 9.17) is 5.11 Å². The maximum atomic E-state index is 11.2. The fraction of sp³-hybridized carbons (Fsp3) is 0.667. The summed E-state index contributed by atoms with van der Waals surface area (Å²) in [6, 6.07) is -0.0777. The summed E-state index contributed by atoms with van der Waals surface area (Å²) >= 11 is 0. The van der Waals surface area contributed by atoms with Gasteiger partial charge in [0.05, 0.1) is 11.5 Å². The van der Waals surface area contributed by atoms with Gasteiger partial charge in [0.15, 0.2) is 9.84 Å². The monoisotopic (exact) mass is 233 g/mol. The molecule has 1 aliphatic rings. The molecule has 0 amide bonds. The van der Waals surface area contributed by atoms with Crippen molar-refractivity contribution in [3.8, 4) is 0 Å². The first kappa shape index (κ1) is 12.2. The Bertz CT molecular complexity index is 374. The molecule has 1 atom stereocenters. The summed E-state index contributed by atoms with van der Waals surface area (Å²) in [4.78, 5) is 12.3. The minimum absolute atomic E-state index is 0.0777. The van der Waals surface area contributed by atoms with Crippen LogP contribution in [0.2, 0.25) is 0 Å². The summed E-state index contributed by atoms with van der Waals surface area (Å²) in [7, 11) is -1.19. The van der Waals surface area contributed by atoms with Crippen LogP contribution in [0.5, 0.6) is 0 Å². The number of nitrogens with zero attached hydrogens (tertiary/aromatic N) is 1. The van der Waals surface area contributed by atoms with Crippen molar-refractivity contribution in [1.29, 1.82) is 0 Å². The maximum absolute atomic E-state index is 11.2. The van der Waals surface area contributed by atoms with Crippen LogP contribution in [0.25, 0.3) is 0 Å². The van der Waals surface area contributed by atoms with E-state index < -0.39 is 15.8 Å². The van der Waals surface area contributed by atoms with Crippen molar-refractivity contribution < 1.29 is 18.3 Å². The molecule has 0 radical (unpaired) electrons. The summed E-state index contributed by atoms with van der Waals surface area (Å²) in [6.45, 7) is 3.62. The van der Waals surface area contributed by atoms with Gasteiger partial charge in [-0.05, 0) is 13.5 Å². The van der Waals surface area contributed by atoms with Gasteiger partial charge in [-0.15, -0.1) is 0 Å². The first-order valence-corrected chi connectivity index (χ1v) is 6.46. The van der Waals surface area contributed by atoms with Gasteiger partial charge in [-0.2, -0.15) is 0 Å². The highest BCUT2D eigenvalue weighted by Gasteiger charge is 2.30. The number of carboxylic acids is 1. The highest BCUT2D eigenvalue weighted by Crippen LogP contribution is 2.17. The third kappa shape index (κ3) is 3.32. The van der Waals surface area contributed by atoms with Crippen LogP contribution in [-0.2, 0) is 14.6 Å². The van der Waals surface area contributed by atoms with Gasteiger partial charge in [-0.3, -0.25) is 4.90 Å². The third-order valence-corrected chi connectivity index (χ3v) is 4.32. The van der Waals surface area contributed by atoms with Crippen molar-refractivity contribution in [2.45, 2.75) is 12.5 Å². The Balaban J connectivity index is 2.53. The lowest BCUT2D eigenvalue weighted by Crippen LogP contribution is -2.35. The zero-order valence-corrected chi connectivity index (χ0v) is 9.46. The predicted octanol–water partition coefficient (Wildman–Crippen LogP) is -0.254. The van der Waals surface area contributed by atoms with Crippen molar-refractivity contribution in [3.05, 3.63) is 12.2 Å². The molecule has 1 saturated heterocycles. The molecule has 5 nitrogen and oxygen atoms in total. The van der Waals surface area contributed by atoms with Gasteiger partial charge in [0.2, 0.25) is 0 Å². The van der Waals surface area contributed by atoms with E-state index in [2.05, 4.69) is 6.58 Å². The third-order valence-electron chi connectivity index (χ3n) is 2.57. The number of carbonyl (C=O) groups is 1. The van der Waals surface area contributed by atoms with E-state index in [1.807, 2.05) is 0 Å². The van der Waals surface area contributed by atoms with Crippen molar-refractivity contribution >= 4 is 15.8 Å². The number of hydrogen-bond donors (Lipinski definition) is 1.